The zero-order chi connectivity index (χ0) is 13.1. The fourth-order valence-electron chi connectivity index (χ4n) is 1.37. The van der Waals surface area contributed by atoms with E-state index in [1.54, 1.807) is 6.92 Å². The highest BCUT2D eigenvalue weighted by Crippen LogP contribution is 1.92. The Morgan fingerprint density at radius 3 is 2.41 bits per heavy atom. The van der Waals surface area contributed by atoms with Crippen molar-refractivity contribution >= 4 is 15.7 Å². The number of hydrogen-bond acceptors (Lipinski definition) is 4. The average molecular weight is 264 g/mol. The number of rotatable bonds is 10. The number of sulfone groups is 1. The minimum Gasteiger partial charge on any atom is -0.356 e. The van der Waals surface area contributed by atoms with Gasteiger partial charge < -0.3 is 10.6 Å². The largest absolute Gasteiger partial charge is 0.356 e. The first-order valence-corrected chi connectivity index (χ1v) is 8.01. The van der Waals surface area contributed by atoms with Crippen LogP contribution in [0.25, 0.3) is 0 Å². The van der Waals surface area contributed by atoms with Gasteiger partial charge in [0.2, 0.25) is 5.91 Å². The minimum absolute atomic E-state index is 0.0241. The molecule has 0 heterocycles. The maximum absolute atomic E-state index is 11.5. The lowest BCUT2D eigenvalue weighted by Gasteiger charge is -2.06. The van der Waals surface area contributed by atoms with Crippen molar-refractivity contribution in [2.75, 3.05) is 31.1 Å². The maximum atomic E-state index is 11.5. The maximum Gasteiger partial charge on any atom is 0.235 e. The van der Waals surface area contributed by atoms with Gasteiger partial charge >= 0.3 is 0 Å². The van der Waals surface area contributed by atoms with E-state index in [4.69, 9.17) is 0 Å². The minimum atomic E-state index is -3.27. The van der Waals surface area contributed by atoms with Crippen molar-refractivity contribution < 1.29 is 13.2 Å². The molecule has 0 fully saturated rings. The third-order valence-corrected chi connectivity index (χ3v) is 3.80. The summed E-state index contributed by atoms with van der Waals surface area (Å²) >= 11 is 0. The molecule has 1 amide bonds. The Kier molecular flexibility index (Phi) is 9.07. The van der Waals surface area contributed by atoms with Crippen molar-refractivity contribution in [1.82, 2.24) is 10.6 Å². The Labute approximate surface area is 104 Å². The van der Waals surface area contributed by atoms with E-state index in [0.717, 1.165) is 25.8 Å². The molecule has 0 unspecified atom stereocenters. The van der Waals surface area contributed by atoms with E-state index in [-0.39, 0.29) is 5.75 Å². The van der Waals surface area contributed by atoms with Crippen LogP contribution in [0, 0.1) is 0 Å². The van der Waals surface area contributed by atoms with Crippen molar-refractivity contribution in [2.45, 2.75) is 33.1 Å². The van der Waals surface area contributed by atoms with Crippen LogP contribution in [0.5, 0.6) is 0 Å². The van der Waals surface area contributed by atoms with Gasteiger partial charge in [0.15, 0.2) is 9.84 Å². The van der Waals surface area contributed by atoms with Crippen LogP contribution < -0.4 is 10.6 Å². The van der Waals surface area contributed by atoms with Crippen LogP contribution >= 0.6 is 0 Å². The molecule has 0 aliphatic carbocycles. The molecule has 0 atom stereocenters. The van der Waals surface area contributed by atoms with Gasteiger partial charge in [0.1, 0.15) is 5.75 Å². The van der Waals surface area contributed by atoms with E-state index in [0.29, 0.717) is 13.1 Å². The van der Waals surface area contributed by atoms with E-state index in [1.165, 1.54) is 0 Å². The summed E-state index contributed by atoms with van der Waals surface area (Å²) in [5.41, 5.74) is 0. The second-order valence-electron chi connectivity index (χ2n) is 4.00. The van der Waals surface area contributed by atoms with Crippen LogP contribution in [0.3, 0.4) is 0 Å². The SMILES string of the molecule is CCCCCNCCS(=O)(=O)CC(=O)NCC. The second kappa shape index (κ2) is 9.41. The molecule has 5 nitrogen and oxygen atoms in total. The molecule has 0 saturated heterocycles. The predicted octanol–water partition coefficient (Wildman–Crippen LogP) is 0.317. The normalized spacial score (nSPS) is 11.4. The molecule has 0 aromatic carbocycles. The van der Waals surface area contributed by atoms with Gasteiger partial charge in [-0.25, -0.2) is 8.42 Å². The number of unbranched alkanes of at least 4 members (excludes halogenated alkanes) is 2. The van der Waals surface area contributed by atoms with Crippen LogP contribution in [0.1, 0.15) is 33.1 Å². The van der Waals surface area contributed by atoms with Gasteiger partial charge in [-0.05, 0) is 19.9 Å². The Hall–Kier alpha value is -0.620. The number of hydrogen-bond donors (Lipinski definition) is 2. The lowest BCUT2D eigenvalue weighted by molar-refractivity contribution is -0.118. The third-order valence-electron chi connectivity index (χ3n) is 2.27. The molecule has 0 radical (unpaired) electrons. The van der Waals surface area contributed by atoms with Crippen molar-refractivity contribution in [3.63, 3.8) is 0 Å². The molecule has 2 N–H and O–H groups in total. The molecule has 0 saturated carbocycles. The highest BCUT2D eigenvalue weighted by Gasteiger charge is 2.15. The lowest BCUT2D eigenvalue weighted by Crippen LogP contribution is -2.33. The molecular weight excluding hydrogens is 240 g/mol. The zero-order valence-corrected chi connectivity index (χ0v) is 11.6. The summed E-state index contributed by atoms with van der Waals surface area (Å²) in [6.45, 7) is 5.61. The Morgan fingerprint density at radius 2 is 1.82 bits per heavy atom. The van der Waals surface area contributed by atoms with Gasteiger partial charge in [-0.1, -0.05) is 19.8 Å². The first-order chi connectivity index (χ1) is 8.02. The van der Waals surface area contributed by atoms with Crippen LogP contribution in [-0.4, -0.2) is 45.5 Å². The zero-order valence-electron chi connectivity index (χ0n) is 10.8. The summed E-state index contributed by atoms with van der Waals surface area (Å²) < 4.78 is 23.0. The van der Waals surface area contributed by atoms with Gasteiger partial charge in [-0.3, -0.25) is 4.79 Å². The van der Waals surface area contributed by atoms with Crippen molar-refractivity contribution in [3.05, 3.63) is 0 Å². The van der Waals surface area contributed by atoms with Crippen molar-refractivity contribution in [2.24, 2.45) is 0 Å². The highest BCUT2D eigenvalue weighted by molar-refractivity contribution is 7.92. The second-order valence-corrected chi connectivity index (χ2v) is 6.19. The summed E-state index contributed by atoms with van der Waals surface area (Å²) in [4.78, 5) is 11.1. The predicted molar refractivity (Wildman–Crippen MR) is 69.7 cm³/mol. The first kappa shape index (κ1) is 16.4. The Balaban J connectivity index is 3.68. The third kappa shape index (κ3) is 10.3. The summed E-state index contributed by atoms with van der Waals surface area (Å²) in [5.74, 6) is -0.799. The van der Waals surface area contributed by atoms with Crippen LogP contribution in [-0.2, 0) is 14.6 Å². The molecule has 0 bridgehead atoms. The van der Waals surface area contributed by atoms with Gasteiger partial charge in [0, 0.05) is 13.1 Å². The number of nitrogens with one attached hydrogen (secondary N) is 2. The van der Waals surface area contributed by atoms with Crippen LogP contribution in [0.15, 0.2) is 0 Å². The lowest BCUT2D eigenvalue weighted by atomic mass is 10.2. The van der Waals surface area contributed by atoms with Crippen LogP contribution in [0.4, 0.5) is 0 Å². The summed E-state index contributed by atoms with van der Waals surface area (Å²) in [5, 5.41) is 5.55. The van der Waals surface area contributed by atoms with E-state index >= 15 is 0 Å². The fraction of sp³-hybridized carbons (Fsp3) is 0.909. The molecule has 102 valence electrons. The highest BCUT2D eigenvalue weighted by atomic mass is 32.2. The number of carbonyl (C=O) groups excluding carboxylic acids is 1. The van der Waals surface area contributed by atoms with Gasteiger partial charge in [0.25, 0.3) is 0 Å². The van der Waals surface area contributed by atoms with E-state index in [1.807, 2.05) is 0 Å². The van der Waals surface area contributed by atoms with Crippen LogP contribution in [0.2, 0.25) is 0 Å². The molecule has 0 aromatic rings. The van der Waals surface area contributed by atoms with Crippen molar-refractivity contribution in [1.29, 1.82) is 0 Å². The summed E-state index contributed by atoms with van der Waals surface area (Å²) in [7, 11) is -3.27. The Morgan fingerprint density at radius 1 is 1.12 bits per heavy atom. The molecule has 6 heteroatoms. The van der Waals surface area contributed by atoms with Gasteiger partial charge in [-0.2, -0.15) is 0 Å². The summed E-state index contributed by atoms with van der Waals surface area (Å²) in [6, 6.07) is 0. The quantitative estimate of drug-likeness (QED) is 0.557. The number of amides is 1. The average Bonchev–Trinajstić information content (AvgIpc) is 2.22. The topological polar surface area (TPSA) is 75.3 Å². The molecule has 0 rings (SSSR count). The van der Waals surface area contributed by atoms with E-state index in [9.17, 15) is 13.2 Å². The molecule has 0 spiro atoms. The van der Waals surface area contributed by atoms with Crippen molar-refractivity contribution in [3.8, 4) is 0 Å². The molecule has 17 heavy (non-hydrogen) atoms. The van der Waals surface area contributed by atoms with Gasteiger partial charge in [-0.15, -0.1) is 0 Å². The summed E-state index contributed by atoms with van der Waals surface area (Å²) in [6.07, 6.45) is 3.36. The van der Waals surface area contributed by atoms with Gasteiger partial charge in [0.05, 0.1) is 5.75 Å². The van der Waals surface area contributed by atoms with E-state index in [2.05, 4.69) is 17.6 Å². The first-order valence-electron chi connectivity index (χ1n) is 6.19. The smallest absolute Gasteiger partial charge is 0.235 e. The number of carbonyl (C=O) groups is 1. The van der Waals surface area contributed by atoms with E-state index < -0.39 is 21.5 Å². The molecule has 0 aliphatic rings. The molecular formula is C11H24N2O3S. The Bertz CT molecular complexity index is 302. The monoisotopic (exact) mass is 264 g/mol. The standard InChI is InChI=1S/C11H24N2O3S/c1-3-5-6-7-12-8-9-17(15,16)10-11(14)13-4-2/h12H,3-10H2,1-2H3,(H,13,14). The molecule has 0 aromatic heterocycles. The molecule has 0 aliphatic heterocycles. The fourth-order valence-corrected chi connectivity index (χ4v) is 2.47.